The maximum Gasteiger partial charge on any atom is 0.224 e. The monoisotopic (exact) mass is 168 g/mol. The molecule has 0 unspecified atom stereocenters. The van der Waals surface area contributed by atoms with E-state index in [1.807, 2.05) is 4.90 Å². The molecule has 0 saturated carbocycles. The predicted molar refractivity (Wildman–Crippen MR) is 46.6 cm³/mol. The largest absolute Gasteiger partial charge is 0.323 e. The van der Waals surface area contributed by atoms with E-state index in [4.69, 9.17) is 0 Å². The third kappa shape index (κ3) is 0.959. The normalized spacial score (nSPS) is 34.4. The first-order chi connectivity index (χ1) is 5.78. The van der Waals surface area contributed by atoms with Crippen molar-refractivity contribution in [3.8, 4) is 0 Å². The third-order valence-corrected chi connectivity index (χ3v) is 3.02. The average molecular weight is 168 g/mol. The molecule has 2 aliphatic heterocycles. The van der Waals surface area contributed by atoms with E-state index in [1.165, 1.54) is 0 Å². The van der Waals surface area contributed by atoms with Crippen molar-refractivity contribution in [3.63, 3.8) is 0 Å². The van der Waals surface area contributed by atoms with Crippen LogP contribution < -0.4 is 5.32 Å². The van der Waals surface area contributed by atoms with Crippen LogP contribution in [0.15, 0.2) is 0 Å². The van der Waals surface area contributed by atoms with Crippen molar-refractivity contribution in [2.75, 3.05) is 13.1 Å². The fourth-order valence-corrected chi connectivity index (χ4v) is 2.51. The first kappa shape index (κ1) is 8.05. The zero-order valence-electron chi connectivity index (χ0n) is 7.60. The number of nitrogens with one attached hydrogen (secondary N) is 1. The van der Waals surface area contributed by atoms with Crippen LogP contribution in [-0.2, 0) is 4.79 Å². The lowest BCUT2D eigenvalue weighted by Gasteiger charge is -2.31. The van der Waals surface area contributed by atoms with Crippen LogP contribution in [0.4, 0.5) is 0 Å². The second-order valence-corrected chi connectivity index (χ2v) is 3.75. The minimum atomic E-state index is 0.0613. The van der Waals surface area contributed by atoms with Crippen LogP contribution >= 0.6 is 0 Å². The Bertz CT molecular complexity index is 205. The summed E-state index contributed by atoms with van der Waals surface area (Å²) < 4.78 is 0. The lowest BCUT2D eigenvalue weighted by Crippen LogP contribution is -2.47. The van der Waals surface area contributed by atoms with Crippen LogP contribution in [0.1, 0.15) is 32.6 Å². The Kier molecular flexibility index (Phi) is 1.83. The molecule has 0 aliphatic carbocycles. The molecule has 1 N–H and O–H groups in total. The highest BCUT2D eigenvalue weighted by atomic mass is 16.2. The van der Waals surface area contributed by atoms with E-state index in [0.717, 1.165) is 38.8 Å². The van der Waals surface area contributed by atoms with Gasteiger partial charge in [0.2, 0.25) is 5.91 Å². The fraction of sp³-hybridized carbons (Fsp3) is 0.889. The first-order valence-electron chi connectivity index (χ1n) is 4.84. The van der Waals surface area contributed by atoms with E-state index in [1.54, 1.807) is 0 Å². The summed E-state index contributed by atoms with van der Waals surface area (Å²) in [5.74, 6) is 0.341. The maximum absolute atomic E-state index is 11.4. The van der Waals surface area contributed by atoms with Gasteiger partial charge in [-0.05, 0) is 12.8 Å². The number of hydrogen-bond acceptors (Lipinski definition) is 2. The van der Waals surface area contributed by atoms with Crippen LogP contribution in [0.3, 0.4) is 0 Å². The van der Waals surface area contributed by atoms with Gasteiger partial charge < -0.3 is 4.90 Å². The molecule has 2 saturated heterocycles. The van der Waals surface area contributed by atoms with E-state index < -0.39 is 0 Å². The van der Waals surface area contributed by atoms with Gasteiger partial charge in [0.15, 0.2) is 0 Å². The number of amides is 1. The van der Waals surface area contributed by atoms with Crippen LogP contribution in [0.25, 0.3) is 0 Å². The Morgan fingerprint density at radius 2 is 2.50 bits per heavy atom. The fourth-order valence-electron chi connectivity index (χ4n) is 2.51. The van der Waals surface area contributed by atoms with Crippen molar-refractivity contribution in [2.45, 2.75) is 38.3 Å². The molecule has 3 heteroatoms. The van der Waals surface area contributed by atoms with E-state index in [2.05, 4.69) is 12.2 Å². The van der Waals surface area contributed by atoms with Crippen molar-refractivity contribution in [1.82, 2.24) is 10.2 Å². The summed E-state index contributed by atoms with van der Waals surface area (Å²) in [6.45, 7) is 4.07. The van der Waals surface area contributed by atoms with E-state index in [0.29, 0.717) is 5.91 Å². The number of nitrogens with zero attached hydrogens (tertiary/aromatic N) is 1. The molecule has 0 spiro atoms. The number of fused-ring (bicyclic) bond motifs is 1. The van der Waals surface area contributed by atoms with Gasteiger partial charge in [0.25, 0.3) is 0 Å². The van der Waals surface area contributed by atoms with E-state index in [-0.39, 0.29) is 5.66 Å². The highest BCUT2D eigenvalue weighted by Gasteiger charge is 2.47. The Balaban J connectivity index is 2.17. The van der Waals surface area contributed by atoms with Gasteiger partial charge in [-0.15, -0.1) is 0 Å². The smallest absolute Gasteiger partial charge is 0.224 e. The summed E-state index contributed by atoms with van der Waals surface area (Å²) in [6, 6.07) is 0. The molecule has 2 rings (SSSR count). The number of hydrogen-bond donors (Lipinski definition) is 1. The van der Waals surface area contributed by atoms with Gasteiger partial charge in [0.1, 0.15) is 0 Å². The summed E-state index contributed by atoms with van der Waals surface area (Å²) in [5, 5.41) is 3.47. The molecule has 0 aromatic carbocycles. The van der Waals surface area contributed by atoms with Crippen molar-refractivity contribution in [2.24, 2.45) is 0 Å². The maximum atomic E-state index is 11.4. The second kappa shape index (κ2) is 2.73. The number of carbonyl (C=O) groups excluding carboxylic acids is 1. The number of carbonyl (C=O) groups is 1. The van der Waals surface area contributed by atoms with Gasteiger partial charge in [0, 0.05) is 19.5 Å². The topological polar surface area (TPSA) is 32.3 Å². The standard InChI is InChI=1S/C9H16N2O/c1-2-4-9-5-3-8(12)11(9)7-6-10-9/h10H,2-7H2,1H3/t9-/m1/s1. The Hall–Kier alpha value is -0.570. The highest BCUT2D eigenvalue weighted by Crippen LogP contribution is 2.34. The molecule has 0 radical (unpaired) electrons. The summed E-state index contributed by atoms with van der Waals surface area (Å²) in [5.41, 5.74) is 0.0613. The molecular formula is C9H16N2O. The van der Waals surface area contributed by atoms with Gasteiger partial charge >= 0.3 is 0 Å². The molecule has 0 aromatic rings. The van der Waals surface area contributed by atoms with Crippen molar-refractivity contribution >= 4 is 5.91 Å². The molecule has 2 fully saturated rings. The van der Waals surface area contributed by atoms with E-state index in [9.17, 15) is 4.79 Å². The van der Waals surface area contributed by atoms with Crippen LogP contribution in [0, 0.1) is 0 Å². The second-order valence-electron chi connectivity index (χ2n) is 3.75. The Morgan fingerprint density at radius 3 is 3.25 bits per heavy atom. The molecule has 12 heavy (non-hydrogen) atoms. The van der Waals surface area contributed by atoms with E-state index >= 15 is 0 Å². The summed E-state index contributed by atoms with van der Waals surface area (Å²) >= 11 is 0. The highest BCUT2D eigenvalue weighted by molar-refractivity contribution is 5.80. The van der Waals surface area contributed by atoms with Crippen molar-refractivity contribution < 1.29 is 4.79 Å². The zero-order chi connectivity index (χ0) is 8.60. The zero-order valence-corrected chi connectivity index (χ0v) is 7.60. The average Bonchev–Trinajstić information content (AvgIpc) is 2.55. The molecule has 0 aromatic heterocycles. The molecule has 0 bridgehead atoms. The van der Waals surface area contributed by atoms with Gasteiger partial charge in [-0.3, -0.25) is 10.1 Å². The molecule has 2 aliphatic rings. The number of rotatable bonds is 2. The predicted octanol–water partition coefficient (Wildman–Crippen LogP) is 0.708. The van der Waals surface area contributed by atoms with Gasteiger partial charge in [0.05, 0.1) is 5.66 Å². The summed E-state index contributed by atoms with van der Waals surface area (Å²) in [6.07, 6.45) is 4.02. The lowest BCUT2D eigenvalue weighted by molar-refractivity contribution is -0.129. The quantitative estimate of drug-likeness (QED) is 0.658. The van der Waals surface area contributed by atoms with Crippen molar-refractivity contribution in [3.05, 3.63) is 0 Å². The van der Waals surface area contributed by atoms with Crippen molar-refractivity contribution in [1.29, 1.82) is 0 Å². The van der Waals surface area contributed by atoms with Gasteiger partial charge in [-0.1, -0.05) is 13.3 Å². The summed E-state index contributed by atoms with van der Waals surface area (Å²) in [7, 11) is 0. The SMILES string of the molecule is CCC[C@]12CCC(=O)N1CCN2. The molecule has 68 valence electrons. The molecule has 2 heterocycles. The van der Waals surface area contributed by atoms with Crippen LogP contribution in [-0.4, -0.2) is 29.6 Å². The van der Waals surface area contributed by atoms with Crippen LogP contribution in [0.5, 0.6) is 0 Å². The minimum absolute atomic E-state index is 0.0613. The Labute approximate surface area is 73.1 Å². The molecule has 3 nitrogen and oxygen atoms in total. The lowest BCUT2D eigenvalue weighted by atomic mass is 10.0. The summed E-state index contributed by atoms with van der Waals surface area (Å²) in [4.78, 5) is 13.5. The molecule has 1 atom stereocenters. The molecular weight excluding hydrogens is 152 g/mol. The van der Waals surface area contributed by atoms with Gasteiger partial charge in [-0.2, -0.15) is 0 Å². The van der Waals surface area contributed by atoms with Gasteiger partial charge in [-0.25, -0.2) is 0 Å². The third-order valence-electron chi connectivity index (χ3n) is 3.02. The van der Waals surface area contributed by atoms with Crippen LogP contribution in [0.2, 0.25) is 0 Å². The first-order valence-corrected chi connectivity index (χ1v) is 4.84. The minimum Gasteiger partial charge on any atom is -0.323 e. The molecule has 1 amide bonds. The Morgan fingerprint density at radius 1 is 1.67 bits per heavy atom.